The zero-order chi connectivity index (χ0) is 20.2. The normalized spacial score (nSPS) is 16.4. The van der Waals surface area contributed by atoms with Gasteiger partial charge in [0.1, 0.15) is 6.54 Å². The molecule has 4 rings (SSSR count). The summed E-state index contributed by atoms with van der Waals surface area (Å²) in [6.07, 6.45) is 2.51. The SMILES string of the molecule is CC(C)(C)n1ncc2c1CCN(C(=O)CN1C(=O)c3ccc(Br)cc3C1=O)C2. The molecule has 0 spiro atoms. The van der Waals surface area contributed by atoms with Crippen molar-refractivity contribution in [3.05, 3.63) is 51.3 Å². The van der Waals surface area contributed by atoms with Crippen LogP contribution in [0.25, 0.3) is 0 Å². The molecule has 3 heterocycles. The van der Waals surface area contributed by atoms with Crippen LogP contribution >= 0.6 is 15.9 Å². The van der Waals surface area contributed by atoms with Crippen LogP contribution in [0.4, 0.5) is 0 Å². The molecule has 0 saturated carbocycles. The summed E-state index contributed by atoms with van der Waals surface area (Å²) in [6, 6.07) is 4.95. The van der Waals surface area contributed by atoms with Gasteiger partial charge in [-0.3, -0.25) is 24.0 Å². The quantitative estimate of drug-likeness (QED) is 0.667. The zero-order valence-corrected chi connectivity index (χ0v) is 17.6. The minimum atomic E-state index is -0.423. The van der Waals surface area contributed by atoms with Crippen LogP contribution in [0.15, 0.2) is 28.9 Å². The number of benzene rings is 1. The van der Waals surface area contributed by atoms with Gasteiger partial charge in [-0.05, 0) is 39.0 Å². The highest BCUT2D eigenvalue weighted by molar-refractivity contribution is 9.10. The second-order valence-corrected chi connectivity index (χ2v) is 9.07. The highest BCUT2D eigenvalue weighted by Crippen LogP contribution is 2.27. The van der Waals surface area contributed by atoms with E-state index >= 15 is 0 Å². The van der Waals surface area contributed by atoms with Crippen molar-refractivity contribution < 1.29 is 14.4 Å². The second kappa shape index (κ2) is 6.55. The van der Waals surface area contributed by atoms with Gasteiger partial charge in [0.25, 0.3) is 11.8 Å². The van der Waals surface area contributed by atoms with Gasteiger partial charge in [-0.25, -0.2) is 0 Å². The van der Waals surface area contributed by atoms with Gasteiger partial charge in [0.05, 0.1) is 22.9 Å². The number of rotatable bonds is 2. The summed E-state index contributed by atoms with van der Waals surface area (Å²) in [4.78, 5) is 40.7. The Morgan fingerprint density at radius 1 is 1.18 bits per heavy atom. The van der Waals surface area contributed by atoms with E-state index < -0.39 is 11.8 Å². The predicted molar refractivity (Wildman–Crippen MR) is 106 cm³/mol. The molecule has 1 aromatic heterocycles. The highest BCUT2D eigenvalue weighted by atomic mass is 79.9. The molecule has 2 aliphatic rings. The molecule has 2 aliphatic heterocycles. The van der Waals surface area contributed by atoms with Gasteiger partial charge >= 0.3 is 0 Å². The lowest BCUT2D eigenvalue weighted by molar-refractivity contribution is -0.132. The van der Waals surface area contributed by atoms with Crippen molar-refractivity contribution in [2.24, 2.45) is 0 Å². The number of hydrogen-bond acceptors (Lipinski definition) is 4. The van der Waals surface area contributed by atoms with E-state index in [0.717, 1.165) is 20.6 Å². The molecular weight excluding hydrogens is 424 g/mol. The third-order valence-corrected chi connectivity index (χ3v) is 5.64. The summed E-state index contributed by atoms with van der Waals surface area (Å²) in [5.74, 6) is -1.07. The first-order valence-corrected chi connectivity index (χ1v) is 9.96. The molecule has 0 radical (unpaired) electrons. The van der Waals surface area contributed by atoms with Gasteiger partial charge in [-0.15, -0.1) is 0 Å². The van der Waals surface area contributed by atoms with Crippen molar-refractivity contribution in [3.63, 3.8) is 0 Å². The number of nitrogens with zero attached hydrogens (tertiary/aromatic N) is 4. The maximum atomic E-state index is 12.8. The topological polar surface area (TPSA) is 75.5 Å². The van der Waals surface area contributed by atoms with Crippen LogP contribution in [0, 0.1) is 0 Å². The van der Waals surface area contributed by atoms with Crippen LogP contribution in [0.3, 0.4) is 0 Å². The Hall–Kier alpha value is -2.48. The summed E-state index contributed by atoms with van der Waals surface area (Å²) in [5.41, 5.74) is 2.71. The molecule has 0 unspecified atom stereocenters. The van der Waals surface area contributed by atoms with Gasteiger partial charge in [0.15, 0.2) is 0 Å². The number of hydrogen-bond donors (Lipinski definition) is 0. The highest BCUT2D eigenvalue weighted by Gasteiger charge is 2.38. The largest absolute Gasteiger partial charge is 0.336 e. The Kier molecular flexibility index (Phi) is 4.41. The fourth-order valence-corrected chi connectivity index (χ4v) is 4.13. The third-order valence-electron chi connectivity index (χ3n) is 5.15. The molecule has 8 heteroatoms. The average Bonchev–Trinajstić information content (AvgIpc) is 3.16. The number of amides is 3. The molecule has 2 aromatic rings. The van der Waals surface area contributed by atoms with Gasteiger partial charge in [-0.1, -0.05) is 15.9 Å². The summed E-state index contributed by atoms with van der Waals surface area (Å²) >= 11 is 3.31. The van der Waals surface area contributed by atoms with Gasteiger partial charge in [0, 0.05) is 35.2 Å². The number of imide groups is 1. The number of carbonyl (C=O) groups excluding carboxylic acids is 3. The lowest BCUT2D eigenvalue weighted by atomic mass is 10.0. The predicted octanol–water partition coefficient (Wildman–Crippen LogP) is 2.58. The zero-order valence-electron chi connectivity index (χ0n) is 16.0. The van der Waals surface area contributed by atoms with Crippen LogP contribution in [0.1, 0.15) is 52.7 Å². The van der Waals surface area contributed by atoms with E-state index in [4.69, 9.17) is 0 Å². The minimum Gasteiger partial charge on any atom is -0.336 e. The Morgan fingerprint density at radius 3 is 2.61 bits per heavy atom. The molecule has 0 N–H and O–H groups in total. The second-order valence-electron chi connectivity index (χ2n) is 8.15. The summed E-state index contributed by atoms with van der Waals surface area (Å²) in [5, 5.41) is 4.48. The average molecular weight is 445 g/mol. The van der Waals surface area contributed by atoms with Crippen molar-refractivity contribution >= 4 is 33.7 Å². The summed E-state index contributed by atoms with van der Waals surface area (Å²) in [7, 11) is 0. The number of fused-ring (bicyclic) bond motifs is 2. The fraction of sp³-hybridized carbons (Fsp3) is 0.400. The van der Waals surface area contributed by atoms with Crippen LogP contribution in [0.2, 0.25) is 0 Å². The van der Waals surface area contributed by atoms with E-state index in [1.54, 1.807) is 29.3 Å². The smallest absolute Gasteiger partial charge is 0.262 e. The minimum absolute atomic E-state index is 0.117. The van der Waals surface area contributed by atoms with E-state index in [0.29, 0.717) is 30.6 Å². The molecule has 0 aliphatic carbocycles. The number of carbonyl (C=O) groups is 3. The molecule has 3 amide bonds. The molecule has 0 fully saturated rings. The molecule has 7 nitrogen and oxygen atoms in total. The van der Waals surface area contributed by atoms with Gasteiger partial charge in [0.2, 0.25) is 5.91 Å². The lowest BCUT2D eigenvalue weighted by Gasteiger charge is -2.31. The molecule has 0 saturated heterocycles. The van der Waals surface area contributed by atoms with Crippen molar-refractivity contribution in [2.45, 2.75) is 39.3 Å². The molecular formula is C20H21BrN4O3. The standard InChI is InChI=1S/C20H21BrN4O3/c1-20(2,3)25-16-6-7-23(10-12(16)9-22-25)17(26)11-24-18(27)14-5-4-13(21)8-15(14)19(24)28/h4-5,8-9H,6-7,10-11H2,1-3H3. The molecule has 0 bridgehead atoms. The van der Waals surface area contributed by atoms with Crippen LogP contribution in [-0.4, -0.2) is 50.4 Å². The molecule has 28 heavy (non-hydrogen) atoms. The maximum Gasteiger partial charge on any atom is 0.262 e. The van der Waals surface area contributed by atoms with Gasteiger partial charge < -0.3 is 4.90 Å². The van der Waals surface area contributed by atoms with E-state index in [1.165, 1.54) is 0 Å². The van der Waals surface area contributed by atoms with Crippen LogP contribution < -0.4 is 0 Å². The summed E-state index contributed by atoms with van der Waals surface area (Å²) in [6.45, 7) is 7.03. The molecule has 0 atom stereocenters. The van der Waals surface area contributed by atoms with E-state index in [2.05, 4.69) is 41.8 Å². The summed E-state index contributed by atoms with van der Waals surface area (Å²) < 4.78 is 2.73. The Labute approximate surface area is 171 Å². The van der Waals surface area contributed by atoms with Crippen LogP contribution in [-0.2, 0) is 23.3 Å². The first kappa shape index (κ1) is 18.9. The van der Waals surface area contributed by atoms with Crippen molar-refractivity contribution in [2.75, 3.05) is 13.1 Å². The van der Waals surface area contributed by atoms with E-state index in [9.17, 15) is 14.4 Å². The van der Waals surface area contributed by atoms with Crippen molar-refractivity contribution in [1.82, 2.24) is 19.6 Å². The fourth-order valence-electron chi connectivity index (χ4n) is 3.76. The number of halogens is 1. The van der Waals surface area contributed by atoms with Crippen LogP contribution in [0.5, 0.6) is 0 Å². The molecule has 146 valence electrons. The molecule has 1 aromatic carbocycles. The first-order valence-electron chi connectivity index (χ1n) is 9.16. The van der Waals surface area contributed by atoms with E-state index in [-0.39, 0.29) is 18.0 Å². The Morgan fingerprint density at radius 2 is 1.89 bits per heavy atom. The maximum absolute atomic E-state index is 12.8. The Balaban J connectivity index is 1.49. The Bertz CT molecular complexity index is 1010. The van der Waals surface area contributed by atoms with Crippen molar-refractivity contribution in [1.29, 1.82) is 0 Å². The van der Waals surface area contributed by atoms with Gasteiger partial charge in [-0.2, -0.15) is 5.10 Å². The number of aromatic nitrogens is 2. The monoisotopic (exact) mass is 444 g/mol. The third kappa shape index (κ3) is 3.05. The van der Waals surface area contributed by atoms with Crippen molar-refractivity contribution in [3.8, 4) is 0 Å². The first-order chi connectivity index (χ1) is 13.2. The van der Waals surface area contributed by atoms with E-state index in [1.807, 2.05) is 4.68 Å². The lowest BCUT2D eigenvalue weighted by Crippen LogP contribution is -2.44.